The van der Waals surface area contributed by atoms with Crippen LogP contribution in [0.15, 0.2) is 42.5 Å². The van der Waals surface area contributed by atoms with Crippen molar-refractivity contribution in [1.29, 1.82) is 0 Å². The topological polar surface area (TPSA) is 101 Å². The van der Waals surface area contributed by atoms with E-state index in [2.05, 4.69) is 9.88 Å². The predicted molar refractivity (Wildman–Crippen MR) is 124 cm³/mol. The minimum Gasteiger partial charge on any atom is -0.462 e. The van der Waals surface area contributed by atoms with E-state index < -0.39 is 5.97 Å². The van der Waals surface area contributed by atoms with Crippen LogP contribution in [0.2, 0.25) is 0 Å². The molecule has 2 aromatic carbocycles. The molecule has 3 aromatic rings. The highest BCUT2D eigenvalue weighted by molar-refractivity contribution is 6.09. The summed E-state index contributed by atoms with van der Waals surface area (Å²) in [5, 5.41) is 0.755. The lowest BCUT2D eigenvalue weighted by Crippen LogP contribution is -2.49. The molecule has 0 aliphatic carbocycles. The number of nitrogens with one attached hydrogen (secondary N) is 1. The molecule has 0 saturated carbocycles. The van der Waals surface area contributed by atoms with E-state index in [4.69, 9.17) is 15.2 Å². The van der Waals surface area contributed by atoms with Crippen molar-refractivity contribution in [2.45, 2.75) is 20.5 Å². The summed E-state index contributed by atoms with van der Waals surface area (Å²) in [6.45, 7) is 6.86. The minimum absolute atomic E-state index is 0.271. The molecule has 1 amide bonds. The molecule has 0 radical (unpaired) electrons. The van der Waals surface area contributed by atoms with Crippen LogP contribution in [0.1, 0.15) is 28.4 Å². The predicted octanol–water partition coefficient (Wildman–Crippen LogP) is 3.69. The Labute approximate surface area is 186 Å². The number of ether oxygens (including phenoxy) is 2. The van der Waals surface area contributed by atoms with E-state index in [1.54, 1.807) is 11.8 Å². The number of nitrogen functional groups attached to an aromatic ring is 1. The molecule has 3 N–H and O–H groups in total. The largest absolute Gasteiger partial charge is 0.462 e. The fourth-order valence-corrected chi connectivity index (χ4v) is 4.06. The van der Waals surface area contributed by atoms with Gasteiger partial charge >= 0.3 is 12.1 Å². The fourth-order valence-electron chi connectivity index (χ4n) is 4.06. The number of piperazine rings is 1. The monoisotopic (exact) mass is 436 g/mol. The smallest absolute Gasteiger partial charge is 0.410 e. The first-order valence-corrected chi connectivity index (χ1v) is 10.8. The summed E-state index contributed by atoms with van der Waals surface area (Å²) in [7, 11) is 0. The number of carbonyl (C=O) groups excluding carboxylic acids is 2. The Morgan fingerprint density at radius 1 is 1.06 bits per heavy atom. The molecule has 0 spiro atoms. The van der Waals surface area contributed by atoms with Crippen molar-refractivity contribution in [3.63, 3.8) is 0 Å². The number of aromatic amines is 1. The lowest BCUT2D eigenvalue weighted by atomic mass is 10.1. The molecule has 1 aliphatic rings. The fraction of sp³-hybridized carbons (Fsp3) is 0.333. The van der Waals surface area contributed by atoms with Gasteiger partial charge in [0.15, 0.2) is 0 Å². The van der Waals surface area contributed by atoms with Gasteiger partial charge in [-0.05, 0) is 37.1 Å². The number of aryl methyl sites for hydroxylation is 1. The molecular weight excluding hydrogens is 408 g/mol. The van der Waals surface area contributed by atoms with Crippen LogP contribution in [0.25, 0.3) is 10.9 Å². The number of hydrogen-bond acceptors (Lipinski definition) is 6. The van der Waals surface area contributed by atoms with Crippen molar-refractivity contribution < 1.29 is 19.1 Å². The molecule has 8 heteroatoms. The number of anilines is 2. The van der Waals surface area contributed by atoms with Crippen molar-refractivity contribution in [3.05, 3.63) is 59.2 Å². The number of nitrogens with zero attached hydrogens (tertiary/aromatic N) is 2. The van der Waals surface area contributed by atoms with Crippen LogP contribution in [-0.4, -0.2) is 54.7 Å². The third-order valence-corrected chi connectivity index (χ3v) is 5.71. The van der Waals surface area contributed by atoms with E-state index in [1.807, 2.05) is 49.4 Å². The number of hydrogen-bond donors (Lipinski definition) is 2. The summed E-state index contributed by atoms with van der Waals surface area (Å²) < 4.78 is 10.6. The van der Waals surface area contributed by atoms with E-state index in [1.165, 1.54) is 0 Å². The highest BCUT2D eigenvalue weighted by Crippen LogP contribution is 2.32. The van der Waals surface area contributed by atoms with Crippen LogP contribution >= 0.6 is 0 Å². The first-order chi connectivity index (χ1) is 15.5. The van der Waals surface area contributed by atoms with Gasteiger partial charge in [-0.1, -0.05) is 30.3 Å². The number of amides is 1. The van der Waals surface area contributed by atoms with Gasteiger partial charge in [-0.15, -0.1) is 0 Å². The summed E-state index contributed by atoms with van der Waals surface area (Å²) in [5.74, 6) is -0.119. The van der Waals surface area contributed by atoms with E-state index >= 15 is 0 Å². The van der Waals surface area contributed by atoms with Gasteiger partial charge in [0.25, 0.3) is 0 Å². The molecule has 1 aromatic heterocycles. The number of rotatable bonds is 5. The number of carbonyl (C=O) groups is 2. The zero-order valence-electron chi connectivity index (χ0n) is 18.4. The van der Waals surface area contributed by atoms with Gasteiger partial charge in [0.2, 0.25) is 0 Å². The first-order valence-electron chi connectivity index (χ1n) is 10.8. The van der Waals surface area contributed by atoms with Gasteiger partial charge in [-0.3, -0.25) is 0 Å². The molecule has 168 valence electrons. The van der Waals surface area contributed by atoms with Crippen LogP contribution in [-0.2, 0) is 16.1 Å². The molecule has 0 bridgehead atoms. The van der Waals surface area contributed by atoms with Gasteiger partial charge in [0.1, 0.15) is 18.0 Å². The summed E-state index contributed by atoms with van der Waals surface area (Å²) in [6, 6.07) is 13.6. The second kappa shape index (κ2) is 9.21. The number of benzene rings is 2. The van der Waals surface area contributed by atoms with Crippen LogP contribution in [0, 0.1) is 6.92 Å². The molecule has 2 heterocycles. The Hall–Kier alpha value is -3.68. The molecule has 4 rings (SSSR count). The Morgan fingerprint density at radius 3 is 2.47 bits per heavy atom. The molecule has 1 saturated heterocycles. The van der Waals surface area contributed by atoms with E-state index in [0.29, 0.717) is 44.2 Å². The summed E-state index contributed by atoms with van der Waals surface area (Å²) >= 11 is 0. The summed E-state index contributed by atoms with van der Waals surface area (Å²) in [5.41, 5.74) is 10.3. The first kappa shape index (κ1) is 21.5. The van der Waals surface area contributed by atoms with Crippen LogP contribution in [0.3, 0.4) is 0 Å². The highest BCUT2D eigenvalue weighted by atomic mass is 16.6. The zero-order valence-corrected chi connectivity index (χ0v) is 18.4. The van der Waals surface area contributed by atoms with Gasteiger partial charge < -0.3 is 30.0 Å². The lowest BCUT2D eigenvalue weighted by Gasteiger charge is -2.36. The van der Waals surface area contributed by atoms with Gasteiger partial charge in [-0.2, -0.15) is 0 Å². The highest BCUT2D eigenvalue weighted by Gasteiger charge is 2.25. The van der Waals surface area contributed by atoms with Gasteiger partial charge in [0, 0.05) is 42.8 Å². The second-order valence-electron chi connectivity index (χ2n) is 7.83. The van der Waals surface area contributed by atoms with Crippen LogP contribution in [0.4, 0.5) is 16.3 Å². The molecule has 0 atom stereocenters. The third kappa shape index (κ3) is 4.34. The van der Waals surface area contributed by atoms with Crippen molar-refractivity contribution >= 4 is 34.5 Å². The molecular formula is C24H28N4O4. The third-order valence-electron chi connectivity index (χ3n) is 5.71. The summed E-state index contributed by atoms with van der Waals surface area (Å²) in [6.07, 6.45) is -0.295. The molecule has 0 unspecified atom stereocenters. The van der Waals surface area contributed by atoms with E-state index in [9.17, 15) is 9.59 Å². The average Bonchev–Trinajstić information content (AvgIpc) is 3.12. The maximum Gasteiger partial charge on any atom is 0.410 e. The van der Waals surface area contributed by atoms with Crippen molar-refractivity contribution in [2.75, 3.05) is 43.4 Å². The number of esters is 1. The Morgan fingerprint density at radius 2 is 1.78 bits per heavy atom. The Bertz CT molecular complexity index is 1120. The van der Waals surface area contributed by atoms with Gasteiger partial charge in [-0.25, -0.2) is 9.59 Å². The zero-order chi connectivity index (χ0) is 22.7. The Balaban J connectivity index is 1.43. The maximum atomic E-state index is 12.4. The normalized spacial score (nSPS) is 13.9. The van der Waals surface area contributed by atoms with Crippen molar-refractivity contribution in [2.24, 2.45) is 0 Å². The van der Waals surface area contributed by atoms with Crippen molar-refractivity contribution in [1.82, 2.24) is 9.88 Å². The second-order valence-corrected chi connectivity index (χ2v) is 7.83. The number of H-pyrrole nitrogens is 1. The van der Waals surface area contributed by atoms with E-state index in [0.717, 1.165) is 27.7 Å². The molecule has 1 aliphatic heterocycles. The molecule has 8 nitrogen and oxygen atoms in total. The number of nitrogens with two attached hydrogens (primary N) is 1. The quantitative estimate of drug-likeness (QED) is 0.592. The summed E-state index contributed by atoms with van der Waals surface area (Å²) in [4.78, 5) is 31.8. The van der Waals surface area contributed by atoms with E-state index in [-0.39, 0.29) is 12.7 Å². The minimum atomic E-state index is -0.425. The maximum absolute atomic E-state index is 12.4. The van der Waals surface area contributed by atoms with Gasteiger partial charge in [0.05, 0.1) is 6.61 Å². The molecule has 1 fully saturated rings. The van der Waals surface area contributed by atoms with Crippen LogP contribution in [0.5, 0.6) is 0 Å². The molecule has 32 heavy (non-hydrogen) atoms. The standard InChI is InChI=1S/C24H28N4O4/c1-3-31-23(29)21-18-13-16(2)20(14-19(18)26-22(21)25)27-9-11-28(12-10-27)24(30)32-15-17-7-5-4-6-8-17/h4-8,13-14,26H,3,9-12,15,25H2,1-2H3. The average molecular weight is 437 g/mol. The number of aromatic nitrogens is 1. The Kier molecular flexibility index (Phi) is 6.20. The number of fused-ring (bicyclic) bond motifs is 1. The SMILES string of the molecule is CCOC(=O)c1c(N)[nH]c2cc(N3CCN(C(=O)OCc4ccccc4)CC3)c(C)cc12. The van der Waals surface area contributed by atoms with Crippen molar-refractivity contribution in [3.8, 4) is 0 Å². The van der Waals surface area contributed by atoms with Crippen LogP contribution < -0.4 is 10.6 Å². The lowest BCUT2D eigenvalue weighted by molar-refractivity contribution is 0.0530.